The van der Waals surface area contributed by atoms with Gasteiger partial charge in [-0.25, -0.2) is 4.79 Å². The van der Waals surface area contributed by atoms with Crippen molar-refractivity contribution >= 4 is 11.9 Å². The van der Waals surface area contributed by atoms with Crippen LogP contribution in [0.25, 0.3) is 0 Å². The number of nitrogens with one attached hydrogen (secondary N) is 2. The lowest BCUT2D eigenvalue weighted by atomic mass is 9.96. The molecule has 0 aromatic rings. The molecule has 1 fully saturated rings. The van der Waals surface area contributed by atoms with Gasteiger partial charge in [-0.05, 0) is 40.2 Å². The molecule has 1 atom stereocenters. The molecule has 1 aliphatic heterocycles. The molecule has 2 N–H and O–H groups in total. The molecule has 0 spiro atoms. The van der Waals surface area contributed by atoms with Gasteiger partial charge in [-0.3, -0.25) is 4.79 Å². The van der Waals surface area contributed by atoms with E-state index in [1.807, 2.05) is 0 Å². The van der Waals surface area contributed by atoms with E-state index in [0.29, 0.717) is 13.2 Å². The summed E-state index contributed by atoms with van der Waals surface area (Å²) in [4.78, 5) is 23.6. The molecule has 0 aliphatic carbocycles. The largest absolute Gasteiger partial charge is 0.464 e. The average Bonchev–Trinajstić information content (AvgIpc) is 2.30. The van der Waals surface area contributed by atoms with Gasteiger partial charge in [0.25, 0.3) is 0 Å². The lowest BCUT2D eigenvalue weighted by Gasteiger charge is -2.28. The molecule has 0 aromatic heterocycles. The first kappa shape index (κ1) is 14.0. The van der Waals surface area contributed by atoms with E-state index >= 15 is 0 Å². The number of amides is 1. The minimum absolute atomic E-state index is 0.0440. The maximum absolute atomic E-state index is 12.0. The lowest BCUT2D eigenvalue weighted by Crippen LogP contribution is -2.54. The summed E-state index contributed by atoms with van der Waals surface area (Å²) in [6.45, 7) is 7.05. The van der Waals surface area contributed by atoms with Gasteiger partial charge in [0, 0.05) is 6.54 Å². The monoisotopic (exact) mass is 242 g/mol. The van der Waals surface area contributed by atoms with Crippen molar-refractivity contribution in [2.24, 2.45) is 5.92 Å². The van der Waals surface area contributed by atoms with Gasteiger partial charge in [-0.1, -0.05) is 0 Å². The second-order valence-electron chi connectivity index (χ2n) is 4.88. The van der Waals surface area contributed by atoms with Crippen molar-refractivity contribution in [2.75, 3.05) is 19.7 Å². The molecule has 1 aliphatic rings. The van der Waals surface area contributed by atoms with Crippen molar-refractivity contribution in [3.8, 4) is 0 Å². The molecular weight excluding hydrogens is 220 g/mol. The van der Waals surface area contributed by atoms with Crippen LogP contribution >= 0.6 is 0 Å². The first-order valence-electron chi connectivity index (χ1n) is 6.17. The van der Waals surface area contributed by atoms with Crippen LogP contribution in [0.1, 0.15) is 33.6 Å². The Kier molecular flexibility index (Phi) is 4.93. The molecule has 0 aromatic carbocycles. The summed E-state index contributed by atoms with van der Waals surface area (Å²) in [5.41, 5.74) is -0.954. The van der Waals surface area contributed by atoms with Gasteiger partial charge in [0.2, 0.25) is 5.91 Å². The summed E-state index contributed by atoms with van der Waals surface area (Å²) < 4.78 is 4.93. The molecule has 0 radical (unpaired) electrons. The third-order valence-electron chi connectivity index (χ3n) is 2.89. The highest BCUT2D eigenvalue weighted by Gasteiger charge is 2.33. The van der Waals surface area contributed by atoms with Crippen molar-refractivity contribution in [2.45, 2.75) is 39.2 Å². The van der Waals surface area contributed by atoms with E-state index in [1.165, 1.54) is 0 Å². The zero-order valence-corrected chi connectivity index (χ0v) is 10.8. The van der Waals surface area contributed by atoms with Gasteiger partial charge in [0.1, 0.15) is 5.54 Å². The number of esters is 1. The van der Waals surface area contributed by atoms with Gasteiger partial charge < -0.3 is 15.4 Å². The van der Waals surface area contributed by atoms with Crippen LogP contribution < -0.4 is 10.6 Å². The summed E-state index contributed by atoms with van der Waals surface area (Å²) in [6.07, 6.45) is 1.87. The fourth-order valence-corrected chi connectivity index (χ4v) is 1.85. The van der Waals surface area contributed by atoms with E-state index in [-0.39, 0.29) is 11.8 Å². The Bertz CT molecular complexity index is 283. The van der Waals surface area contributed by atoms with E-state index in [4.69, 9.17) is 4.74 Å². The van der Waals surface area contributed by atoms with Crippen LogP contribution in [0.15, 0.2) is 0 Å². The molecule has 17 heavy (non-hydrogen) atoms. The predicted molar refractivity (Wildman–Crippen MR) is 64.4 cm³/mol. The minimum Gasteiger partial charge on any atom is -0.464 e. The Balaban J connectivity index is 2.50. The topological polar surface area (TPSA) is 67.4 Å². The second kappa shape index (κ2) is 6.00. The maximum Gasteiger partial charge on any atom is 0.331 e. The molecule has 1 saturated heterocycles. The van der Waals surface area contributed by atoms with Gasteiger partial charge in [0.15, 0.2) is 0 Å². The molecule has 0 bridgehead atoms. The SMILES string of the molecule is CCOC(=O)C(C)(C)NC(=O)C1CCCNC1. The molecule has 1 rings (SSSR count). The van der Waals surface area contributed by atoms with Crippen LogP contribution in [-0.4, -0.2) is 37.1 Å². The van der Waals surface area contributed by atoms with Crippen molar-refractivity contribution in [3.05, 3.63) is 0 Å². The van der Waals surface area contributed by atoms with Crippen molar-refractivity contribution in [1.29, 1.82) is 0 Å². The Morgan fingerprint density at radius 2 is 2.18 bits per heavy atom. The van der Waals surface area contributed by atoms with Crippen LogP contribution in [0.3, 0.4) is 0 Å². The average molecular weight is 242 g/mol. The van der Waals surface area contributed by atoms with Crippen LogP contribution in [0.2, 0.25) is 0 Å². The standard InChI is InChI=1S/C12H22N2O3/c1-4-17-11(16)12(2,3)14-10(15)9-6-5-7-13-8-9/h9,13H,4-8H2,1-3H3,(H,14,15). The number of piperidine rings is 1. The highest BCUT2D eigenvalue weighted by molar-refractivity contribution is 5.88. The molecule has 5 nitrogen and oxygen atoms in total. The summed E-state index contributed by atoms with van der Waals surface area (Å²) in [5, 5.41) is 5.94. The molecule has 5 heteroatoms. The van der Waals surface area contributed by atoms with Gasteiger partial charge in [-0.15, -0.1) is 0 Å². The number of carbonyl (C=O) groups excluding carboxylic acids is 2. The van der Waals surface area contributed by atoms with Crippen LogP contribution in [0.4, 0.5) is 0 Å². The Morgan fingerprint density at radius 3 is 2.71 bits per heavy atom. The number of hydrogen-bond acceptors (Lipinski definition) is 4. The number of hydrogen-bond donors (Lipinski definition) is 2. The number of carbonyl (C=O) groups is 2. The van der Waals surface area contributed by atoms with Gasteiger partial charge in [-0.2, -0.15) is 0 Å². The fourth-order valence-electron chi connectivity index (χ4n) is 1.85. The van der Waals surface area contributed by atoms with E-state index in [2.05, 4.69) is 10.6 Å². The molecular formula is C12H22N2O3. The fraction of sp³-hybridized carbons (Fsp3) is 0.833. The Hall–Kier alpha value is -1.10. The quantitative estimate of drug-likeness (QED) is 0.702. The third-order valence-corrected chi connectivity index (χ3v) is 2.89. The van der Waals surface area contributed by atoms with E-state index < -0.39 is 11.5 Å². The third kappa shape index (κ3) is 4.00. The van der Waals surface area contributed by atoms with E-state index in [1.54, 1.807) is 20.8 Å². The smallest absolute Gasteiger partial charge is 0.331 e. The first-order chi connectivity index (χ1) is 7.97. The van der Waals surface area contributed by atoms with Crippen molar-refractivity contribution in [3.63, 3.8) is 0 Å². The maximum atomic E-state index is 12.0. The highest BCUT2D eigenvalue weighted by atomic mass is 16.5. The number of ether oxygens (including phenoxy) is 1. The zero-order valence-electron chi connectivity index (χ0n) is 10.8. The summed E-state index contributed by atoms with van der Waals surface area (Å²) in [7, 11) is 0. The number of rotatable bonds is 4. The molecule has 98 valence electrons. The van der Waals surface area contributed by atoms with Crippen molar-refractivity contribution in [1.82, 2.24) is 10.6 Å². The molecule has 0 saturated carbocycles. The summed E-state index contributed by atoms with van der Waals surface area (Å²) in [6, 6.07) is 0. The molecule has 1 heterocycles. The van der Waals surface area contributed by atoms with Crippen LogP contribution in [0, 0.1) is 5.92 Å². The zero-order chi connectivity index (χ0) is 12.9. The minimum atomic E-state index is -0.954. The summed E-state index contributed by atoms with van der Waals surface area (Å²) >= 11 is 0. The van der Waals surface area contributed by atoms with Crippen molar-refractivity contribution < 1.29 is 14.3 Å². The first-order valence-corrected chi connectivity index (χ1v) is 6.17. The predicted octanol–water partition coefficient (Wildman–Crippen LogP) is 0.444. The van der Waals surface area contributed by atoms with Gasteiger partial charge >= 0.3 is 5.97 Å². The molecule has 1 unspecified atom stereocenters. The lowest BCUT2D eigenvalue weighted by molar-refractivity contribution is -0.152. The molecule has 1 amide bonds. The highest BCUT2D eigenvalue weighted by Crippen LogP contribution is 2.13. The Morgan fingerprint density at radius 1 is 1.47 bits per heavy atom. The van der Waals surface area contributed by atoms with Crippen LogP contribution in [0.5, 0.6) is 0 Å². The summed E-state index contributed by atoms with van der Waals surface area (Å²) in [5.74, 6) is -0.509. The van der Waals surface area contributed by atoms with Gasteiger partial charge in [0.05, 0.1) is 12.5 Å². The van der Waals surface area contributed by atoms with E-state index in [9.17, 15) is 9.59 Å². The normalized spacial score (nSPS) is 20.8. The Labute approximate surface area is 102 Å². The second-order valence-corrected chi connectivity index (χ2v) is 4.88. The van der Waals surface area contributed by atoms with Crippen LogP contribution in [-0.2, 0) is 14.3 Å². The van der Waals surface area contributed by atoms with E-state index in [0.717, 1.165) is 19.4 Å².